The average Bonchev–Trinajstić information content (AvgIpc) is 3.35. The minimum Gasteiger partial charge on any atom is -0.478 e. The lowest BCUT2D eigenvalue weighted by Gasteiger charge is -2.22. The van der Waals surface area contributed by atoms with Crippen LogP contribution in [-0.2, 0) is 15.8 Å². The van der Waals surface area contributed by atoms with Gasteiger partial charge < -0.3 is 14.8 Å². The summed E-state index contributed by atoms with van der Waals surface area (Å²) in [4.78, 5) is 25.9. The molecule has 9 heteroatoms. The van der Waals surface area contributed by atoms with Gasteiger partial charge in [0, 0.05) is 46.9 Å². The van der Waals surface area contributed by atoms with Crippen LogP contribution < -0.4 is 10.1 Å². The number of carbonyl (C=O) groups excluding carboxylic acids is 1. The molecule has 0 aliphatic carbocycles. The van der Waals surface area contributed by atoms with E-state index in [0.717, 1.165) is 16.8 Å². The van der Waals surface area contributed by atoms with Gasteiger partial charge in [-0.15, -0.1) is 0 Å². The number of nitrogens with zero attached hydrogens (tertiary/aromatic N) is 4. The molecule has 4 rings (SSSR count). The maximum absolute atomic E-state index is 14.3. The van der Waals surface area contributed by atoms with Crippen LogP contribution in [0.2, 0.25) is 0 Å². The van der Waals surface area contributed by atoms with Gasteiger partial charge in [0.05, 0.1) is 36.9 Å². The van der Waals surface area contributed by atoms with E-state index < -0.39 is 17.0 Å². The summed E-state index contributed by atoms with van der Waals surface area (Å²) in [6.07, 6.45) is 5.19. The number of carbonyl (C=O) groups is 1. The molecule has 3 aromatic heterocycles. The number of ether oxygens (including phenoxy) is 2. The van der Waals surface area contributed by atoms with Crippen molar-refractivity contribution < 1.29 is 18.7 Å². The lowest BCUT2D eigenvalue weighted by Crippen LogP contribution is -2.25. The number of nitriles is 1. The second-order valence-electron chi connectivity index (χ2n) is 9.22. The number of aromatic nitrogens is 3. The Balaban J connectivity index is 1.68. The number of amides is 1. The molecule has 1 aliphatic heterocycles. The van der Waals surface area contributed by atoms with Crippen LogP contribution >= 0.6 is 0 Å². The van der Waals surface area contributed by atoms with Crippen molar-refractivity contribution in [1.29, 1.82) is 5.26 Å². The normalized spacial score (nSPS) is 17.4. The first kappa shape index (κ1) is 25.2. The molecule has 0 spiro atoms. The number of rotatable bonds is 7. The third-order valence-corrected chi connectivity index (χ3v) is 6.17. The van der Waals surface area contributed by atoms with Gasteiger partial charge in [0.2, 0.25) is 5.88 Å². The van der Waals surface area contributed by atoms with Gasteiger partial charge in [-0.3, -0.25) is 14.8 Å². The molecule has 1 aliphatic rings. The fourth-order valence-electron chi connectivity index (χ4n) is 4.11. The Morgan fingerprint density at radius 3 is 2.75 bits per heavy atom. The number of anilines is 1. The lowest BCUT2D eigenvalue weighted by atomic mass is 9.81. The highest BCUT2D eigenvalue weighted by atomic mass is 19.1. The lowest BCUT2D eigenvalue weighted by molar-refractivity contribution is 0.102. The molecular weight excluding hydrogens is 461 g/mol. The Bertz CT molecular complexity index is 1320. The fraction of sp³-hybridized carbons (Fsp3) is 0.370. The van der Waals surface area contributed by atoms with Crippen molar-refractivity contribution in [3.05, 3.63) is 65.4 Å². The van der Waals surface area contributed by atoms with Crippen molar-refractivity contribution in [2.45, 2.75) is 45.2 Å². The number of nitrogens with one attached hydrogen (secondary N) is 1. The van der Waals surface area contributed by atoms with Crippen LogP contribution in [-0.4, -0.2) is 40.7 Å². The maximum Gasteiger partial charge on any atom is 0.255 e. The van der Waals surface area contributed by atoms with Crippen LogP contribution in [0.25, 0.3) is 11.1 Å². The molecule has 0 radical (unpaired) electrons. The molecule has 0 bridgehead atoms. The van der Waals surface area contributed by atoms with Crippen molar-refractivity contribution in [2.24, 2.45) is 0 Å². The summed E-state index contributed by atoms with van der Waals surface area (Å²) < 4.78 is 25.6. The number of hydrogen-bond donors (Lipinski definition) is 1. The van der Waals surface area contributed by atoms with E-state index in [0.29, 0.717) is 36.8 Å². The van der Waals surface area contributed by atoms with Crippen molar-refractivity contribution in [3.8, 4) is 23.1 Å². The third-order valence-electron chi connectivity index (χ3n) is 6.17. The summed E-state index contributed by atoms with van der Waals surface area (Å²) in [5.41, 5.74) is 1.30. The minimum absolute atomic E-state index is 0.174. The van der Waals surface area contributed by atoms with Crippen molar-refractivity contribution in [3.63, 3.8) is 0 Å². The summed E-state index contributed by atoms with van der Waals surface area (Å²) >= 11 is 0. The standard InChI is InChI=1S/C27H28FN5O3/c1-5-36-25-22(27(15-29)7-9-35-16-27)10-19(13-32-25)21-12-20(14-31-17(21)2)33-24(34)18-6-8-30-23(11-18)26(3,4)28/h6,8,10-14H,5,7,9,16H2,1-4H3,(H,33,34). The van der Waals surface area contributed by atoms with E-state index in [2.05, 4.69) is 26.3 Å². The molecule has 1 amide bonds. The monoisotopic (exact) mass is 489 g/mol. The fourth-order valence-corrected chi connectivity index (χ4v) is 4.11. The first-order valence-electron chi connectivity index (χ1n) is 11.7. The smallest absolute Gasteiger partial charge is 0.255 e. The highest BCUT2D eigenvalue weighted by molar-refractivity contribution is 6.04. The van der Waals surface area contributed by atoms with Crippen LogP contribution in [0, 0.1) is 18.3 Å². The SMILES string of the molecule is CCOc1ncc(-c2cc(NC(=O)c3ccnc(C(C)(C)F)c3)cnc2C)cc1C1(C#N)CCOC1. The molecule has 1 unspecified atom stereocenters. The van der Waals surface area contributed by atoms with E-state index in [1.807, 2.05) is 19.9 Å². The summed E-state index contributed by atoms with van der Waals surface area (Å²) in [6.45, 7) is 7.67. The maximum atomic E-state index is 14.3. The molecule has 3 aromatic rings. The predicted octanol–water partition coefficient (Wildman–Crippen LogP) is 4.88. The molecule has 0 aromatic carbocycles. The second-order valence-corrected chi connectivity index (χ2v) is 9.22. The van der Waals surface area contributed by atoms with Gasteiger partial charge in [-0.1, -0.05) is 0 Å². The second kappa shape index (κ2) is 9.99. The number of pyridine rings is 3. The van der Waals surface area contributed by atoms with Crippen LogP contribution in [0.3, 0.4) is 0 Å². The summed E-state index contributed by atoms with van der Waals surface area (Å²) in [5.74, 6) is 0.00389. The highest BCUT2D eigenvalue weighted by Gasteiger charge is 2.40. The zero-order valence-corrected chi connectivity index (χ0v) is 20.8. The van der Waals surface area contributed by atoms with Gasteiger partial charge in [-0.25, -0.2) is 9.37 Å². The topological polar surface area (TPSA) is 110 Å². The first-order chi connectivity index (χ1) is 17.2. The molecule has 186 valence electrons. The Hall–Kier alpha value is -3.90. The summed E-state index contributed by atoms with van der Waals surface area (Å²) in [5, 5.41) is 12.8. The van der Waals surface area contributed by atoms with E-state index in [9.17, 15) is 14.4 Å². The average molecular weight is 490 g/mol. The highest BCUT2D eigenvalue weighted by Crippen LogP contribution is 2.39. The zero-order valence-electron chi connectivity index (χ0n) is 20.8. The van der Waals surface area contributed by atoms with Gasteiger partial charge in [0.25, 0.3) is 5.91 Å². The Morgan fingerprint density at radius 1 is 1.28 bits per heavy atom. The van der Waals surface area contributed by atoms with E-state index in [4.69, 9.17) is 9.47 Å². The number of hydrogen-bond acceptors (Lipinski definition) is 7. The van der Waals surface area contributed by atoms with Gasteiger partial charge in [-0.05, 0) is 58.4 Å². The number of alkyl halides is 1. The van der Waals surface area contributed by atoms with Crippen molar-refractivity contribution in [1.82, 2.24) is 15.0 Å². The van der Waals surface area contributed by atoms with Crippen LogP contribution in [0.5, 0.6) is 5.88 Å². The molecule has 8 nitrogen and oxygen atoms in total. The quantitative estimate of drug-likeness (QED) is 0.503. The van der Waals surface area contributed by atoms with Gasteiger partial charge in [0.1, 0.15) is 11.1 Å². The van der Waals surface area contributed by atoms with Crippen molar-refractivity contribution in [2.75, 3.05) is 25.1 Å². The van der Waals surface area contributed by atoms with Crippen LogP contribution in [0.15, 0.2) is 42.9 Å². The third kappa shape index (κ3) is 5.04. The Kier molecular flexibility index (Phi) is 7.00. The van der Waals surface area contributed by atoms with Crippen LogP contribution in [0.4, 0.5) is 10.1 Å². The first-order valence-corrected chi connectivity index (χ1v) is 11.7. The Morgan fingerprint density at radius 2 is 2.08 bits per heavy atom. The molecule has 36 heavy (non-hydrogen) atoms. The van der Waals surface area contributed by atoms with Crippen LogP contribution in [0.1, 0.15) is 54.5 Å². The van der Waals surface area contributed by atoms with Crippen molar-refractivity contribution >= 4 is 11.6 Å². The number of aryl methyl sites for hydroxylation is 1. The zero-order chi connectivity index (χ0) is 25.9. The molecule has 4 heterocycles. The molecular formula is C27H28FN5O3. The minimum atomic E-state index is -1.67. The van der Waals surface area contributed by atoms with Gasteiger partial charge in [-0.2, -0.15) is 5.26 Å². The summed E-state index contributed by atoms with van der Waals surface area (Å²) in [7, 11) is 0. The predicted molar refractivity (Wildman–Crippen MR) is 132 cm³/mol. The molecule has 1 atom stereocenters. The van der Waals surface area contributed by atoms with E-state index in [1.54, 1.807) is 18.5 Å². The molecule has 1 saturated heterocycles. The van der Waals surface area contributed by atoms with E-state index >= 15 is 0 Å². The van der Waals surface area contributed by atoms with Gasteiger partial charge >= 0.3 is 0 Å². The molecule has 1 N–H and O–H groups in total. The van der Waals surface area contributed by atoms with E-state index in [-0.39, 0.29) is 17.9 Å². The largest absolute Gasteiger partial charge is 0.478 e. The Labute approximate surface area is 209 Å². The number of halogens is 1. The molecule has 1 fully saturated rings. The van der Waals surface area contributed by atoms with Gasteiger partial charge in [0.15, 0.2) is 0 Å². The van der Waals surface area contributed by atoms with E-state index in [1.165, 1.54) is 32.2 Å². The summed E-state index contributed by atoms with van der Waals surface area (Å²) in [6, 6.07) is 9.06. The molecule has 0 saturated carbocycles.